The Balaban J connectivity index is 1.81. The molecule has 3 heterocycles. The number of benzene rings is 2. The second-order valence-electron chi connectivity index (χ2n) is 5.85. The summed E-state index contributed by atoms with van der Waals surface area (Å²) < 4.78 is 1.98. The first-order valence-corrected chi connectivity index (χ1v) is 7.77. The maximum absolute atomic E-state index is 13.0. The Morgan fingerprint density at radius 3 is 2.38 bits per heavy atom. The molecular formula is C16H11N9O. The zero-order valence-electron chi connectivity index (χ0n) is 13.5. The van der Waals surface area contributed by atoms with Crippen molar-refractivity contribution in [2.45, 2.75) is 0 Å². The van der Waals surface area contributed by atoms with E-state index in [2.05, 4.69) is 41.2 Å². The normalized spacial score (nSPS) is 11.4. The van der Waals surface area contributed by atoms with Gasteiger partial charge in [0.15, 0.2) is 17.1 Å². The lowest BCUT2D eigenvalue weighted by Crippen LogP contribution is -2.13. The minimum Gasteiger partial charge on any atom is -0.344 e. The van der Waals surface area contributed by atoms with Crippen molar-refractivity contribution in [3.8, 4) is 34.0 Å². The van der Waals surface area contributed by atoms with E-state index in [1.165, 1.54) is 0 Å². The van der Waals surface area contributed by atoms with E-state index in [0.29, 0.717) is 22.8 Å². The number of nitrogens with one attached hydrogen (secondary N) is 2. The first kappa shape index (κ1) is 14.4. The Hall–Kier alpha value is -3.95. The number of fused-ring (bicyclic) bond motifs is 2. The zero-order chi connectivity index (χ0) is 17.7. The Kier molecular flexibility index (Phi) is 2.92. The minimum absolute atomic E-state index is 0.134. The molecule has 0 unspecified atom stereocenters. The van der Waals surface area contributed by atoms with Gasteiger partial charge in [-0.2, -0.15) is 0 Å². The van der Waals surface area contributed by atoms with Crippen molar-refractivity contribution in [1.29, 1.82) is 0 Å². The number of aromatic nitrogens is 9. The smallest absolute Gasteiger partial charge is 0.198 e. The molecule has 2 aromatic heterocycles. The fourth-order valence-electron chi connectivity index (χ4n) is 3.17. The molecule has 1 aliphatic heterocycles. The van der Waals surface area contributed by atoms with Crippen LogP contribution in [0.15, 0.2) is 41.2 Å². The third-order valence-corrected chi connectivity index (χ3v) is 4.44. The lowest BCUT2D eigenvalue weighted by molar-refractivity contribution is 0.881. The van der Waals surface area contributed by atoms with Gasteiger partial charge in [-0.1, -0.05) is 0 Å². The summed E-state index contributed by atoms with van der Waals surface area (Å²) in [7, 11) is 1.93. The summed E-state index contributed by atoms with van der Waals surface area (Å²) >= 11 is 0. The second kappa shape index (κ2) is 5.28. The largest absolute Gasteiger partial charge is 0.344 e. The fourth-order valence-corrected chi connectivity index (χ4v) is 3.17. The van der Waals surface area contributed by atoms with Gasteiger partial charge in [-0.25, -0.2) is 10.2 Å². The fraction of sp³-hybridized carbons (Fsp3) is 0.0625. The summed E-state index contributed by atoms with van der Waals surface area (Å²) in [5.41, 5.74) is 3.53. The van der Waals surface area contributed by atoms with Gasteiger partial charge in [0.2, 0.25) is 0 Å². The predicted molar refractivity (Wildman–Crippen MR) is 92.2 cm³/mol. The molecule has 5 rings (SSSR count). The number of aromatic amines is 2. The van der Waals surface area contributed by atoms with Crippen LogP contribution >= 0.6 is 0 Å². The molecule has 3 aromatic rings. The van der Waals surface area contributed by atoms with Gasteiger partial charge < -0.3 is 4.57 Å². The van der Waals surface area contributed by atoms with E-state index in [4.69, 9.17) is 0 Å². The first-order chi connectivity index (χ1) is 12.7. The summed E-state index contributed by atoms with van der Waals surface area (Å²) in [6, 6.07) is 11.3. The highest BCUT2D eigenvalue weighted by molar-refractivity contribution is 5.90. The van der Waals surface area contributed by atoms with Gasteiger partial charge in [-0.05, 0) is 62.6 Å². The van der Waals surface area contributed by atoms with Crippen LogP contribution in [0.4, 0.5) is 0 Å². The summed E-state index contributed by atoms with van der Waals surface area (Å²) in [6.07, 6.45) is 0. The van der Waals surface area contributed by atoms with Crippen molar-refractivity contribution in [3.63, 3.8) is 0 Å². The highest BCUT2D eigenvalue weighted by Gasteiger charge is 2.17. The molecule has 10 heteroatoms. The molecule has 0 bridgehead atoms. The van der Waals surface area contributed by atoms with E-state index in [0.717, 1.165) is 22.2 Å². The third-order valence-electron chi connectivity index (χ3n) is 4.44. The van der Waals surface area contributed by atoms with E-state index in [9.17, 15) is 4.79 Å². The SMILES string of the molecule is Cn1c2ccc(-c3nnn[nH]3)c(=O)c-2cc2cc(-c3nnn[nH]3)ccc21. The van der Waals surface area contributed by atoms with Crippen LogP contribution in [0.3, 0.4) is 0 Å². The third kappa shape index (κ3) is 2.02. The number of H-pyrrole nitrogens is 2. The topological polar surface area (TPSA) is 131 Å². The Labute approximate surface area is 145 Å². The van der Waals surface area contributed by atoms with Gasteiger partial charge in [0, 0.05) is 23.7 Å². The Bertz CT molecular complexity index is 1260. The molecule has 1 aromatic carbocycles. The van der Waals surface area contributed by atoms with Crippen molar-refractivity contribution in [3.05, 3.63) is 46.6 Å². The molecule has 2 N–H and O–H groups in total. The maximum Gasteiger partial charge on any atom is 0.198 e. The first-order valence-electron chi connectivity index (χ1n) is 7.77. The zero-order valence-corrected chi connectivity index (χ0v) is 13.5. The van der Waals surface area contributed by atoms with E-state index >= 15 is 0 Å². The number of tetrazole rings is 2. The number of rotatable bonds is 2. The van der Waals surface area contributed by atoms with Gasteiger partial charge in [-0.15, -0.1) is 10.2 Å². The molecule has 126 valence electrons. The van der Waals surface area contributed by atoms with Gasteiger partial charge in [-0.3, -0.25) is 4.79 Å². The predicted octanol–water partition coefficient (Wildman–Crippen LogP) is 1.00. The average Bonchev–Trinajstić information content (AvgIpc) is 3.36. The van der Waals surface area contributed by atoms with Crippen LogP contribution in [-0.4, -0.2) is 45.8 Å². The quantitative estimate of drug-likeness (QED) is 0.456. The van der Waals surface area contributed by atoms with Crippen molar-refractivity contribution in [2.24, 2.45) is 7.05 Å². The molecule has 0 amide bonds. The summed E-state index contributed by atoms with van der Waals surface area (Å²) in [4.78, 5) is 13.0. The highest BCUT2D eigenvalue weighted by atomic mass is 16.1. The summed E-state index contributed by atoms with van der Waals surface area (Å²) in [5, 5.41) is 28.3. The summed E-state index contributed by atoms with van der Waals surface area (Å²) in [5.74, 6) is 0.916. The van der Waals surface area contributed by atoms with Crippen LogP contribution in [0.2, 0.25) is 0 Å². The molecule has 10 nitrogen and oxygen atoms in total. The number of hydrogen-bond acceptors (Lipinski definition) is 7. The average molecular weight is 345 g/mol. The molecule has 0 spiro atoms. The number of hydrogen-bond donors (Lipinski definition) is 2. The van der Waals surface area contributed by atoms with Gasteiger partial charge >= 0.3 is 0 Å². The number of aryl methyl sites for hydroxylation is 1. The molecule has 0 saturated carbocycles. The minimum atomic E-state index is -0.134. The van der Waals surface area contributed by atoms with Crippen LogP contribution in [-0.2, 0) is 7.05 Å². The molecule has 0 saturated heterocycles. The lowest BCUT2D eigenvalue weighted by atomic mass is 10.00. The van der Waals surface area contributed by atoms with Crippen LogP contribution in [0.5, 0.6) is 0 Å². The van der Waals surface area contributed by atoms with Crippen LogP contribution in [0, 0.1) is 0 Å². The Morgan fingerprint density at radius 2 is 1.65 bits per heavy atom. The molecular weight excluding hydrogens is 334 g/mol. The van der Waals surface area contributed by atoms with Crippen LogP contribution < -0.4 is 5.43 Å². The van der Waals surface area contributed by atoms with Crippen molar-refractivity contribution in [1.82, 2.24) is 45.8 Å². The molecule has 0 fully saturated rings. The number of pyridine rings is 1. The van der Waals surface area contributed by atoms with Gasteiger partial charge in [0.1, 0.15) is 0 Å². The van der Waals surface area contributed by atoms with Gasteiger partial charge in [0.25, 0.3) is 0 Å². The van der Waals surface area contributed by atoms with Crippen molar-refractivity contribution in [2.75, 3.05) is 0 Å². The molecule has 26 heavy (non-hydrogen) atoms. The Morgan fingerprint density at radius 1 is 0.885 bits per heavy atom. The maximum atomic E-state index is 13.0. The number of nitrogens with zero attached hydrogens (tertiary/aromatic N) is 7. The molecule has 0 radical (unpaired) electrons. The van der Waals surface area contributed by atoms with Crippen LogP contribution in [0.1, 0.15) is 0 Å². The molecule has 2 aliphatic rings. The second-order valence-corrected chi connectivity index (χ2v) is 5.85. The van der Waals surface area contributed by atoms with Gasteiger partial charge in [0.05, 0.1) is 11.3 Å². The van der Waals surface area contributed by atoms with E-state index in [1.807, 2.05) is 41.9 Å². The molecule has 1 aliphatic carbocycles. The van der Waals surface area contributed by atoms with Crippen LogP contribution in [0.25, 0.3) is 44.9 Å². The summed E-state index contributed by atoms with van der Waals surface area (Å²) in [6.45, 7) is 0. The van der Waals surface area contributed by atoms with E-state index < -0.39 is 0 Å². The van der Waals surface area contributed by atoms with Crippen molar-refractivity contribution >= 4 is 10.9 Å². The monoisotopic (exact) mass is 345 g/mol. The molecule has 0 atom stereocenters. The highest BCUT2D eigenvalue weighted by Crippen LogP contribution is 2.29. The standard InChI is InChI=1S/C16H11N9O/c1-25-12-4-2-8(15-17-21-22-18-15)6-9(12)7-11-13(25)5-3-10(14(11)26)16-19-23-24-20-16/h2-7H,1H3,(H,17,18,21,22)(H,19,20,23,24). The van der Waals surface area contributed by atoms with Crippen molar-refractivity contribution < 1.29 is 0 Å². The lowest BCUT2D eigenvalue weighted by Gasteiger charge is -2.16. The van der Waals surface area contributed by atoms with E-state index in [1.54, 1.807) is 6.07 Å². The van der Waals surface area contributed by atoms with E-state index in [-0.39, 0.29) is 5.43 Å².